The Morgan fingerprint density at radius 3 is 2.96 bits per heavy atom. The molecule has 5 nitrogen and oxygen atoms in total. The SMILES string of the molecule is CCCCc1ccc2nc(NC(=O)c3ccc4c(c3)OCO4)sc2c1. The number of hydrogen-bond acceptors (Lipinski definition) is 5. The second-order valence-corrected chi connectivity index (χ2v) is 6.98. The van der Waals surface area contributed by atoms with Gasteiger partial charge in [0.2, 0.25) is 6.79 Å². The molecule has 0 saturated heterocycles. The second-order valence-electron chi connectivity index (χ2n) is 5.95. The van der Waals surface area contributed by atoms with Crippen LogP contribution in [0.5, 0.6) is 11.5 Å². The van der Waals surface area contributed by atoms with Crippen molar-refractivity contribution in [1.82, 2.24) is 4.98 Å². The summed E-state index contributed by atoms with van der Waals surface area (Å²) < 4.78 is 11.7. The molecule has 0 radical (unpaired) electrons. The van der Waals surface area contributed by atoms with Crippen molar-refractivity contribution in [1.29, 1.82) is 0 Å². The van der Waals surface area contributed by atoms with Crippen LogP contribution in [0.2, 0.25) is 0 Å². The van der Waals surface area contributed by atoms with Crippen molar-refractivity contribution in [3.8, 4) is 11.5 Å². The molecule has 0 saturated carbocycles. The first kappa shape index (κ1) is 15.9. The Hall–Kier alpha value is -2.60. The molecular weight excluding hydrogens is 336 g/mol. The van der Waals surface area contributed by atoms with Gasteiger partial charge in [0.25, 0.3) is 5.91 Å². The van der Waals surface area contributed by atoms with Gasteiger partial charge in [0.1, 0.15) is 0 Å². The van der Waals surface area contributed by atoms with Crippen LogP contribution in [0.25, 0.3) is 10.2 Å². The molecule has 0 bridgehead atoms. The number of fused-ring (bicyclic) bond motifs is 2. The van der Waals surface area contributed by atoms with E-state index in [9.17, 15) is 4.79 Å². The highest BCUT2D eigenvalue weighted by molar-refractivity contribution is 7.22. The summed E-state index contributed by atoms with van der Waals surface area (Å²) >= 11 is 1.49. The van der Waals surface area contributed by atoms with Gasteiger partial charge >= 0.3 is 0 Å². The molecule has 2 aromatic carbocycles. The van der Waals surface area contributed by atoms with E-state index in [1.165, 1.54) is 29.7 Å². The van der Waals surface area contributed by atoms with Crippen molar-refractivity contribution < 1.29 is 14.3 Å². The van der Waals surface area contributed by atoms with Crippen LogP contribution in [0.3, 0.4) is 0 Å². The molecule has 128 valence electrons. The number of aryl methyl sites for hydroxylation is 1. The topological polar surface area (TPSA) is 60.5 Å². The summed E-state index contributed by atoms with van der Waals surface area (Å²) in [5.74, 6) is 1.05. The summed E-state index contributed by atoms with van der Waals surface area (Å²) in [4.78, 5) is 17.0. The van der Waals surface area contributed by atoms with E-state index in [2.05, 4.69) is 29.4 Å². The standard InChI is InChI=1S/C19H18N2O3S/c1-2-3-4-12-5-7-14-17(9-12)25-19(20-14)21-18(22)13-6-8-15-16(10-13)24-11-23-15/h5-10H,2-4,11H2,1H3,(H,20,21,22). The summed E-state index contributed by atoms with van der Waals surface area (Å²) in [5.41, 5.74) is 2.74. The fourth-order valence-corrected chi connectivity index (χ4v) is 3.69. The van der Waals surface area contributed by atoms with E-state index in [1.54, 1.807) is 18.2 Å². The Morgan fingerprint density at radius 2 is 2.08 bits per heavy atom. The monoisotopic (exact) mass is 354 g/mol. The Bertz CT molecular complexity index is 936. The third kappa shape index (κ3) is 3.30. The Labute approximate surface area is 149 Å². The predicted octanol–water partition coefficient (Wildman–Crippen LogP) is 4.62. The van der Waals surface area contributed by atoms with E-state index >= 15 is 0 Å². The largest absolute Gasteiger partial charge is 0.454 e. The number of unbranched alkanes of at least 4 members (excludes halogenated alkanes) is 1. The molecule has 1 amide bonds. The molecule has 6 heteroatoms. The van der Waals surface area contributed by atoms with Crippen molar-refractivity contribution in [2.24, 2.45) is 0 Å². The highest BCUT2D eigenvalue weighted by Crippen LogP contribution is 2.33. The predicted molar refractivity (Wildman–Crippen MR) is 98.8 cm³/mol. The van der Waals surface area contributed by atoms with Crippen LogP contribution in [0.15, 0.2) is 36.4 Å². The quantitative estimate of drug-likeness (QED) is 0.726. The number of nitrogens with zero attached hydrogens (tertiary/aromatic N) is 1. The van der Waals surface area contributed by atoms with Gasteiger partial charge in [-0.25, -0.2) is 4.98 Å². The fraction of sp³-hybridized carbons (Fsp3) is 0.263. The normalized spacial score (nSPS) is 12.5. The van der Waals surface area contributed by atoms with Gasteiger partial charge < -0.3 is 9.47 Å². The number of carbonyl (C=O) groups is 1. The van der Waals surface area contributed by atoms with Crippen molar-refractivity contribution in [3.05, 3.63) is 47.5 Å². The van der Waals surface area contributed by atoms with Crippen LogP contribution in [-0.4, -0.2) is 17.7 Å². The lowest BCUT2D eigenvalue weighted by molar-refractivity contribution is 0.102. The van der Waals surface area contributed by atoms with Gasteiger partial charge in [-0.15, -0.1) is 0 Å². The van der Waals surface area contributed by atoms with E-state index in [4.69, 9.17) is 9.47 Å². The minimum atomic E-state index is -0.205. The molecular formula is C19H18N2O3S. The molecule has 25 heavy (non-hydrogen) atoms. The highest BCUT2D eigenvalue weighted by atomic mass is 32.1. The maximum Gasteiger partial charge on any atom is 0.257 e. The number of aromatic nitrogens is 1. The molecule has 1 aromatic heterocycles. The van der Waals surface area contributed by atoms with Gasteiger partial charge in [-0.05, 0) is 48.7 Å². The van der Waals surface area contributed by atoms with Crippen molar-refractivity contribution in [2.75, 3.05) is 12.1 Å². The van der Waals surface area contributed by atoms with Gasteiger partial charge in [0.05, 0.1) is 10.2 Å². The number of nitrogens with one attached hydrogen (secondary N) is 1. The van der Waals surface area contributed by atoms with E-state index in [1.807, 2.05) is 6.07 Å². The number of amides is 1. The van der Waals surface area contributed by atoms with E-state index < -0.39 is 0 Å². The fourth-order valence-electron chi connectivity index (χ4n) is 2.77. The number of thiazole rings is 1. The summed E-state index contributed by atoms with van der Waals surface area (Å²) in [7, 11) is 0. The van der Waals surface area contributed by atoms with Crippen LogP contribution < -0.4 is 14.8 Å². The molecule has 1 aliphatic rings. The molecule has 4 rings (SSSR count). The molecule has 3 aromatic rings. The summed E-state index contributed by atoms with van der Waals surface area (Å²) in [6.45, 7) is 2.38. The Balaban J connectivity index is 1.52. The average molecular weight is 354 g/mol. The van der Waals surface area contributed by atoms with Crippen molar-refractivity contribution >= 4 is 32.6 Å². The molecule has 0 aliphatic carbocycles. The van der Waals surface area contributed by atoms with Gasteiger partial charge in [-0.3, -0.25) is 10.1 Å². The smallest absolute Gasteiger partial charge is 0.257 e. The average Bonchev–Trinajstić information content (AvgIpc) is 3.24. The molecule has 1 N–H and O–H groups in total. The third-order valence-electron chi connectivity index (χ3n) is 4.13. The molecule has 0 atom stereocenters. The first-order valence-corrected chi connectivity index (χ1v) is 9.15. The third-order valence-corrected chi connectivity index (χ3v) is 5.06. The number of hydrogen-bond donors (Lipinski definition) is 1. The van der Waals surface area contributed by atoms with Crippen LogP contribution in [0.4, 0.5) is 5.13 Å². The van der Waals surface area contributed by atoms with E-state index in [0.717, 1.165) is 16.6 Å². The Morgan fingerprint density at radius 1 is 1.20 bits per heavy atom. The zero-order chi connectivity index (χ0) is 17.2. The zero-order valence-corrected chi connectivity index (χ0v) is 14.7. The van der Waals surface area contributed by atoms with Crippen LogP contribution >= 0.6 is 11.3 Å². The van der Waals surface area contributed by atoms with Gasteiger partial charge in [-0.2, -0.15) is 0 Å². The van der Waals surface area contributed by atoms with Crippen molar-refractivity contribution in [2.45, 2.75) is 26.2 Å². The first-order valence-electron chi connectivity index (χ1n) is 8.33. The maximum absolute atomic E-state index is 12.5. The minimum absolute atomic E-state index is 0.193. The van der Waals surface area contributed by atoms with Crippen LogP contribution in [0.1, 0.15) is 35.7 Å². The van der Waals surface area contributed by atoms with Crippen LogP contribution in [0, 0.1) is 0 Å². The number of carbonyl (C=O) groups excluding carboxylic acids is 1. The first-order chi connectivity index (χ1) is 12.2. The summed E-state index contributed by atoms with van der Waals surface area (Å²) in [5, 5.41) is 3.48. The number of ether oxygens (including phenoxy) is 2. The lowest BCUT2D eigenvalue weighted by atomic mass is 10.1. The van der Waals surface area contributed by atoms with Crippen LogP contribution in [-0.2, 0) is 6.42 Å². The summed E-state index contributed by atoms with van der Waals surface area (Å²) in [6, 6.07) is 11.5. The number of anilines is 1. The molecule has 1 aliphatic heterocycles. The lowest BCUT2D eigenvalue weighted by Crippen LogP contribution is -2.11. The van der Waals surface area contributed by atoms with Gasteiger partial charge in [-0.1, -0.05) is 30.7 Å². The van der Waals surface area contributed by atoms with Crippen molar-refractivity contribution in [3.63, 3.8) is 0 Å². The zero-order valence-electron chi connectivity index (χ0n) is 13.9. The summed E-state index contributed by atoms with van der Waals surface area (Å²) in [6.07, 6.45) is 3.43. The molecule has 0 spiro atoms. The minimum Gasteiger partial charge on any atom is -0.454 e. The van der Waals surface area contributed by atoms with Gasteiger partial charge in [0, 0.05) is 5.56 Å². The van der Waals surface area contributed by atoms with E-state index in [-0.39, 0.29) is 12.7 Å². The molecule has 0 unspecified atom stereocenters. The lowest BCUT2D eigenvalue weighted by Gasteiger charge is -2.02. The molecule has 0 fully saturated rings. The number of rotatable bonds is 5. The highest BCUT2D eigenvalue weighted by Gasteiger charge is 2.17. The Kier molecular flexibility index (Phi) is 4.28. The van der Waals surface area contributed by atoms with Gasteiger partial charge in [0.15, 0.2) is 16.6 Å². The maximum atomic E-state index is 12.5. The molecule has 2 heterocycles. The second kappa shape index (κ2) is 6.72. The van der Waals surface area contributed by atoms with E-state index in [0.29, 0.717) is 22.2 Å². The number of benzene rings is 2.